The normalized spacial score (nSPS) is 16.3. The molecule has 0 amide bonds. The van der Waals surface area contributed by atoms with Crippen LogP contribution in [0.4, 0.5) is 5.69 Å². The summed E-state index contributed by atoms with van der Waals surface area (Å²) in [5.74, 6) is 0.0225. The summed E-state index contributed by atoms with van der Waals surface area (Å²) in [7, 11) is 1.61. The first-order valence-electron chi connectivity index (χ1n) is 9.82. The van der Waals surface area contributed by atoms with Crippen LogP contribution < -0.4 is 4.74 Å². The van der Waals surface area contributed by atoms with Crippen molar-refractivity contribution in [3.63, 3.8) is 0 Å². The molecule has 156 valence electrons. The number of carbonyl (C=O) groups excluding carboxylic acids is 1. The smallest absolute Gasteiger partial charge is 0.344 e. The van der Waals surface area contributed by atoms with Crippen LogP contribution in [-0.2, 0) is 9.53 Å². The van der Waals surface area contributed by atoms with Gasteiger partial charge in [0.1, 0.15) is 22.1 Å². The number of fused-ring (bicyclic) bond motifs is 1. The molecule has 0 spiro atoms. The zero-order chi connectivity index (χ0) is 21.8. The fraction of sp³-hybridized carbons (Fsp3) is 0.120. The minimum Gasteiger partial charge on any atom is -0.506 e. The molecule has 0 aliphatic carbocycles. The Bertz CT molecular complexity index is 1220. The molecular weight excluding hydrogens is 410 g/mol. The fourth-order valence-electron chi connectivity index (χ4n) is 3.26. The summed E-state index contributed by atoms with van der Waals surface area (Å²) in [6.45, 7) is 1.94. The van der Waals surface area contributed by atoms with E-state index < -0.39 is 5.97 Å². The highest BCUT2D eigenvalue weighted by molar-refractivity contribution is 8.18. The molecule has 1 aliphatic rings. The summed E-state index contributed by atoms with van der Waals surface area (Å²) < 4.78 is 10.4. The van der Waals surface area contributed by atoms with Crippen LogP contribution >= 0.6 is 11.8 Å². The standard InChI is InChI=1S/C25H21NO4S/c1-3-30-25(28)22-23(27)21(15-16-11-13-18(29-2)14-12-16)31-24(22)26-20-10-6-8-17-7-4-5-9-19(17)20/h4-15,27H,3H2,1-2H3. The Hall–Kier alpha value is -3.51. The van der Waals surface area contributed by atoms with Crippen molar-refractivity contribution >= 4 is 45.3 Å². The third kappa shape index (κ3) is 4.34. The van der Waals surface area contributed by atoms with Gasteiger partial charge in [0.25, 0.3) is 0 Å². The summed E-state index contributed by atoms with van der Waals surface area (Å²) in [6, 6.07) is 21.2. The van der Waals surface area contributed by atoms with Gasteiger partial charge in [-0.2, -0.15) is 0 Å². The highest BCUT2D eigenvalue weighted by Crippen LogP contribution is 2.41. The van der Waals surface area contributed by atoms with Crippen molar-refractivity contribution in [2.24, 2.45) is 4.99 Å². The molecule has 31 heavy (non-hydrogen) atoms. The maximum absolute atomic E-state index is 12.6. The molecule has 0 saturated heterocycles. The van der Waals surface area contributed by atoms with Gasteiger partial charge in [-0.25, -0.2) is 9.79 Å². The van der Waals surface area contributed by atoms with Crippen molar-refractivity contribution in [2.45, 2.75) is 6.92 Å². The SMILES string of the molecule is CCOC(=O)C1=C(O)C(=Cc2ccc(OC)cc2)SC1=Nc1cccc2ccccc12. The number of aliphatic imine (C=N–C) groups is 1. The largest absolute Gasteiger partial charge is 0.506 e. The predicted octanol–water partition coefficient (Wildman–Crippen LogP) is 6.04. The van der Waals surface area contributed by atoms with Gasteiger partial charge in [0.2, 0.25) is 0 Å². The number of hydrogen-bond acceptors (Lipinski definition) is 6. The van der Waals surface area contributed by atoms with Gasteiger partial charge in [0.05, 0.1) is 24.3 Å². The molecule has 0 fully saturated rings. The van der Waals surface area contributed by atoms with E-state index in [-0.39, 0.29) is 17.9 Å². The van der Waals surface area contributed by atoms with Crippen LogP contribution in [-0.4, -0.2) is 29.8 Å². The second kappa shape index (κ2) is 9.10. The molecule has 1 heterocycles. The first-order chi connectivity index (χ1) is 15.1. The molecule has 3 aromatic rings. The number of aliphatic hydroxyl groups is 1. The molecule has 4 rings (SSSR count). The number of rotatable bonds is 5. The number of hydrogen-bond donors (Lipinski definition) is 1. The molecule has 0 saturated carbocycles. The highest BCUT2D eigenvalue weighted by Gasteiger charge is 2.33. The molecule has 5 nitrogen and oxygen atoms in total. The minimum absolute atomic E-state index is 0.0829. The average Bonchev–Trinajstić information content (AvgIpc) is 3.09. The third-order valence-electron chi connectivity index (χ3n) is 4.77. The summed E-state index contributed by atoms with van der Waals surface area (Å²) in [5.41, 5.74) is 1.67. The summed E-state index contributed by atoms with van der Waals surface area (Å²) >= 11 is 1.24. The Morgan fingerprint density at radius 3 is 2.55 bits per heavy atom. The molecule has 0 radical (unpaired) electrons. The van der Waals surface area contributed by atoms with Gasteiger partial charge < -0.3 is 14.6 Å². The fourth-order valence-corrected chi connectivity index (χ4v) is 4.29. The number of ether oxygens (including phenoxy) is 2. The van der Waals surface area contributed by atoms with Gasteiger partial charge in [-0.1, -0.05) is 60.3 Å². The topological polar surface area (TPSA) is 68.1 Å². The van der Waals surface area contributed by atoms with Gasteiger partial charge in [0, 0.05) is 5.39 Å². The zero-order valence-corrected chi connectivity index (χ0v) is 18.0. The Kier molecular flexibility index (Phi) is 6.09. The van der Waals surface area contributed by atoms with E-state index in [1.807, 2.05) is 72.8 Å². The van der Waals surface area contributed by atoms with Crippen molar-refractivity contribution < 1.29 is 19.4 Å². The van der Waals surface area contributed by atoms with E-state index >= 15 is 0 Å². The van der Waals surface area contributed by atoms with E-state index in [4.69, 9.17) is 14.5 Å². The molecule has 3 aromatic carbocycles. The van der Waals surface area contributed by atoms with E-state index in [9.17, 15) is 9.90 Å². The second-order valence-electron chi connectivity index (χ2n) is 6.74. The number of thioether (sulfide) groups is 1. The van der Waals surface area contributed by atoms with Crippen LogP contribution in [0.1, 0.15) is 12.5 Å². The molecule has 0 bridgehead atoms. The van der Waals surface area contributed by atoms with Crippen molar-refractivity contribution in [1.29, 1.82) is 0 Å². The second-order valence-corrected chi connectivity index (χ2v) is 7.77. The Labute approximate surface area is 184 Å². The van der Waals surface area contributed by atoms with Crippen LogP contribution in [0.25, 0.3) is 16.8 Å². The van der Waals surface area contributed by atoms with Crippen LogP contribution in [0.15, 0.2) is 88.0 Å². The summed E-state index contributed by atoms with van der Waals surface area (Å²) in [4.78, 5) is 17.9. The maximum Gasteiger partial charge on any atom is 0.344 e. The number of nitrogens with zero attached hydrogens (tertiary/aromatic N) is 1. The van der Waals surface area contributed by atoms with E-state index in [0.29, 0.717) is 9.95 Å². The number of esters is 1. The molecular formula is C25H21NO4S. The Morgan fingerprint density at radius 2 is 1.81 bits per heavy atom. The lowest BCUT2D eigenvalue weighted by Gasteiger charge is -2.05. The van der Waals surface area contributed by atoms with E-state index in [0.717, 1.165) is 27.8 Å². The molecule has 0 aromatic heterocycles. The van der Waals surface area contributed by atoms with Gasteiger partial charge in [-0.3, -0.25) is 0 Å². The van der Waals surface area contributed by atoms with Crippen molar-refractivity contribution in [2.75, 3.05) is 13.7 Å². The average molecular weight is 432 g/mol. The van der Waals surface area contributed by atoms with E-state index in [1.54, 1.807) is 14.0 Å². The summed E-state index contributed by atoms with van der Waals surface area (Å²) in [5, 5.41) is 13.3. The number of benzene rings is 3. The minimum atomic E-state index is -0.593. The van der Waals surface area contributed by atoms with E-state index in [1.165, 1.54) is 11.8 Å². The monoisotopic (exact) mass is 431 g/mol. The number of methoxy groups -OCH3 is 1. The lowest BCUT2D eigenvalue weighted by atomic mass is 10.1. The van der Waals surface area contributed by atoms with E-state index in [2.05, 4.69) is 0 Å². The van der Waals surface area contributed by atoms with Crippen molar-refractivity contribution in [1.82, 2.24) is 0 Å². The molecule has 1 N–H and O–H groups in total. The third-order valence-corrected chi connectivity index (χ3v) is 5.79. The van der Waals surface area contributed by atoms with Gasteiger partial charge >= 0.3 is 5.97 Å². The lowest BCUT2D eigenvalue weighted by molar-refractivity contribution is -0.138. The number of carbonyl (C=O) groups is 1. The van der Waals surface area contributed by atoms with Crippen molar-refractivity contribution in [3.8, 4) is 5.75 Å². The summed E-state index contributed by atoms with van der Waals surface area (Å²) in [6.07, 6.45) is 1.81. The Balaban J connectivity index is 1.79. The highest BCUT2D eigenvalue weighted by atomic mass is 32.2. The van der Waals surface area contributed by atoms with Crippen LogP contribution in [0, 0.1) is 0 Å². The Morgan fingerprint density at radius 1 is 1.06 bits per heavy atom. The zero-order valence-electron chi connectivity index (χ0n) is 17.2. The van der Waals surface area contributed by atoms with Crippen LogP contribution in [0.2, 0.25) is 0 Å². The van der Waals surface area contributed by atoms with Gasteiger partial charge in [-0.05, 0) is 42.1 Å². The maximum atomic E-state index is 12.6. The quantitative estimate of drug-likeness (QED) is 0.499. The predicted molar refractivity (Wildman–Crippen MR) is 126 cm³/mol. The molecule has 0 atom stereocenters. The number of aliphatic hydroxyl groups excluding tert-OH is 1. The lowest BCUT2D eigenvalue weighted by Crippen LogP contribution is -2.12. The van der Waals surface area contributed by atoms with Gasteiger partial charge in [0.15, 0.2) is 0 Å². The first-order valence-corrected chi connectivity index (χ1v) is 10.6. The van der Waals surface area contributed by atoms with Crippen LogP contribution in [0.5, 0.6) is 5.75 Å². The van der Waals surface area contributed by atoms with Crippen molar-refractivity contribution in [3.05, 3.63) is 88.5 Å². The van der Waals surface area contributed by atoms with Gasteiger partial charge in [-0.15, -0.1) is 0 Å². The molecule has 6 heteroatoms. The molecule has 0 unspecified atom stereocenters. The molecule has 1 aliphatic heterocycles. The van der Waals surface area contributed by atoms with Crippen LogP contribution in [0.3, 0.4) is 0 Å². The first kappa shape index (κ1) is 20.8.